The van der Waals surface area contributed by atoms with E-state index in [1.165, 1.54) is 42.5 Å². The Balaban J connectivity index is 1.84. The minimum atomic E-state index is -2.33. The van der Waals surface area contributed by atoms with Crippen molar-refractivity contribution in [3.8, 4) is 5.75 Å². The summed E-state index contributed by atoms with van der Waals surface area (Å²) in [6.45, 7) is 0. The summed E-state index contributed by atoms with van der Waals surface area (Å²) in [5.74, 6) is -14.6. The molecule has 29 N–H and O–H groups in total. The van der Waals surface area contributed by atoms with E-state index in [2.05, 4.69) is 16.0 Å². The van der Waals surface area contributed by atoms with Crippen LogP contribution in [0.5, 0.6) is 5.75 Å². The molecule has 0 aromatic heterocycles. The number of aromatic hydroxyl groups is 1. The third-order valence-corrected chi connectivity index (χ3v) is 8.34. The second-order valence-electron chi connectivity index (χ2n) is 13.3. The number of carbonyl (C=O) groups excluding carboxylic acids is 8. The first-order valence-corrected chi connectivity index (χ1v) is 18.5. The highest BCUT2D eigenvalue weighted by Gasteiger charge is 2.35. The number of hydrogen-bond acceptors (Lipinski definition) is 15. The lowest BCUT2D eigenvalue weighted by Crippen LogP contribution is -2.69. The largest absolute Gasteiger partial charge is 0.506 e. The summed E-state index contributed by atoms with van der Waals surface area (Å²) in [7, 11) is 0. The van der Waals surface area contributed by atoms with Crippen LogP contribution in [-0.4, -0.2) is 118 Å². The number of nitrogens with one attached hydrogen (secondary N) is 15. The van der Waals surface area contributed by atoms with Crippen LogP contribution in [0.2, 0.25) is 0 Å². The number of hydrogen-bond donors (Lipinski definition) is 23. The molecular weight excluding hydrogens is 875 g/mol. The highest BCUT2D eigenvalue weighted by atomic mass is 16.3. The van der Waals surface area contributed by atoms with Gasteiger partial charge in [-0.1, -0.05) is 60.7 Å². The maximum atomic E-state index is 13.8. The van der Waals surface area contributed by atoms with Crippen LogP contribution in [0.15, 0.2) is 66.7 Å². The number of fused-ring (bicyclic) bond motifs is 1. The van der Waals surface area contributed by atoms with Crippen LogP contribution in [-0.2, 0) is 33.6 Å². The number of guanidine groups is 4. The first-order valence-electron chi connectivity index (χ1n) is 18.5. The fourth-order valence-corrected chi connectivity index (χ4v) is 5.37. The minimum absolute atomic E-state index is 0.0442. The number of aliphatic hydroxyl groups is 1. The molecule has 3 rings (SSSR count). The number of carbonyl (C=O) groups is 8. The Morgan fingerprint density at radius 3 is 1.32 bits per heavy atom. The van der Waals surface area contributed by atoms with Gasteiger partial charge in [-0.15, -0.1) is 0 Å². The highest BCUT2D eigenvalue weighted by Crippen LogP contribution is 2.28. The second kappa shape index (κ2) is 23.1. The molecule has 3 aromatic rings. The van der Waals surface area contributed by atoms with Crippen molar-refractivity contribution in [3.05, 3.63) is 77.9 Å². The zero-order valence-corrected chi connectivity index (χ0v) is 34.0. The molecule has 3 aromatic carbocycles. The van der Waals surface area contributed by atoms with Gasteiger partial charge in [-0.2, -0.15) is 0 Å². The van der Waals surface area contributed by atoms with Crippen LogP contribution in [0.3, 0.4) is 0 Å². The molecule has 0 spiro atoms. The third-order valence-electron chi connectivity index (χ3n) is 8.34. The Morgan fingerprint density at radius 2 is 0.879 bits per heavy atom. The van der Waals surface area contributed by atoms with Crippen molar-refractivity contribution in [1.82, 2.24) is 58.5 Å². The van der Waals surface area contributed by atoms with Crippen LogP contribution >= 0.6 is 0 Å². The maximum Gasteiger partial charge on any atom is 0.270 e. The number of rotatable bonds is 20. The fraction of sp³-hybridized carbons (Fsp3) is 0.200. The van der Waals surface area contributed by atoms with Crippen LogP contribution in [0, 0.1) is 21.6 Å². The number of aliphatic hydroxyl groups excluding tert-OH is 1. The zero-order valence-electron chi connectivity index (χ0n) is 34.0. The molecule has 0 fully saturated rings. The fourth-order valence-electron chi connectivity index (χ4n) is 5.37. The number of primary amides is 1. The van der Waals surface area contributed by atoms with Gasteiger partial charge in [0, 0.05) is 5.39 Å². The van der Waals surface area contributed by atoms with Gasteiger partial charge in [0.2, 0.25) is 12.1 Å². The summed E-state index contributed by atoms with van der Waals surface area (Å²) in [4.78, 5) is 105. The molecule has 31 heteroatoms. The van der Waals surface area contributed by atoms with Gasteiger partial charge in [-0.25, -0.2) is 0 Å². The summed E-state index contributed by atoms with van der Waals surface area (Å²) in [5, 5.41) is 75.2. The Morgan fingerprint density at radius 1 is 0.470 bits per heavy atom. The van der Waals surface area contributed by atoms with Gasteiger partial charge in [0.25, 0.3) is 41.4 Å². The molecule has 7 atom stereocenters. The predicted molar refractivity (Wildman–Crippen MR) is 230 cm³/mol. The van der Waals surface area contributed by atoms with Crippen molar-refractivity contribution in [1.29, 1.82) is 21.6 Å². The molecule has 0 bridgehead atoms. The average Bonchev–Trinajstić information content (AvgIpc) is 3.24. The van der Waals surface area contributed by atoms with Gasteiger partial charge in [0.05, 0.1) is 5.56 Å². The van der Waals surface area contributed by atoms with Gasteiger partial charge in [0.15, 0.2) is 54.7 Å². The summed E-state index contributed by atoms with van der Waals surface area (Å²) >= 11 is 0. The van der Waals surface area contributed by atoms with Gasteiger partial charge in [0.1, 0.15) is 11.8 Å². The second-order valence-corrected chi connectivity index (χ2v) is 13.3. The van der Waals surface area contributed by atoms with Gasteiger partial charge < -0.3 is 103 Å². The number of nitrogens with two attached hydrogens (primary N) is 6. The van der Waals surface area contributed by atoms with Crippen LogP contribution in [0.25, 0.3) is 10.8 Å². The molecule has 7 unspecified atom stereocenters. The molecule has 352 valence electrons. The number of amides is 8. The average molecular weight is 922 g/mol. The monoisotopic (exact) mass is 921 g/mol. The lowest BCUT2D eigenvalue weighted by molar-refractivity contribution is -0.137. The zero-order chi connectivity index (χ0) is 49.4. The number of phenols is 1. The van der Waals surface area contributed by atoms with E-state index in [9.17, 15) is 48.6 Å². The quantitative estimate of drug-likeness (QED) is 0.0284. The summed E-state index contributed by atoms with van der Waals surface area (Å²) in [6.07, 6.45) is -12.5. The molecule has 0 saturated carbocycles. The summed E-state index contributed by atoms with van der Waals surface area (Å²) in [6, 6.07) is 14.7. The van der Waals surface area contributed by atoms with Crippen molar-refractivity contribution in [2.24, 2.45) is 34.4 Å². The van der Waals surface area contributed by atoms with E-state index < -0.39 is 120 Å². The van der Waals surface area contributed by atoms with Gasteiger partial charge >= 0.3 is 0 Å². The lowest BCUT2D eigenvalue weighted by Gasteiger charge is -2.28. The Labute approximate surface area is 371 Å². The molecular formula is C35H47N21O10. The van der Waals surface area contributed by atoms with Gasteiger partial charge in [-0.05, 0) is 17.0 Å². The van der Waals surface area contributed by atoms with Gasteiger partial charge in [-0.3, -0.25) is 60.0 Å². The van der Waals surface area contributed by atoms with Crippen LogP contribution in [0.4, 0.5) is 0 Å². The lowest BCUT2D eigenvalue weighted by atomic mass is 10.0. The van der Waals surface area contributed by atoms with Crippen LogP contribution < -0.4 is 92.9 Å². The molecule has 0 heterocycles. The molecule has 31 nitrogen and oxygen atoms in total. The van der Waals surface area contributed by atoms with Crippen molar-refractivity contribution < 1.29 is 48.6 Å². The Kier molecular flexibility index (Phi) is 17.8. The van der Waals surface area contributed by atoms with Crippen molar-refractivity contribution in [2.75, 3.05) is 0 Å². The minimum Gasteiger partial charge on any atom is -0.506 e. The Bertz CT molecular complexity index is 2400. The van der Waals surface area contributed by atoms with Crippen molar-refractivity contribution >= 4 is 81.9 Å². The summed E-state index contributed by atoms with van der Waals surface area (Å²) < 4.78 is 0. The summed E-state index contributed by atoms with van der Waals surface area (Å²) in [5.41, 5.74) is 31.7. The topological polar surface area (TPSA) is 561 Å². The van der Waals surface area contributed by atoms with E-state index in [0.29, 0.717) is 10.8 Å². The molecule has 0 saturated heterocycles. The van der Waals surface area contributed by atoms with Crippen molar-refractivity contribution in [3.63, 3.8) is 0 Å². The SMILES string of the molecule is N=C(N)NC(NC(=O)C(NC(=N)N)NC(=O)C(NC(=N)N)NC(=O)C(NC(=N)N)NC(=O)C(NC(=O)C(O)NC(=O)c1ccc2ccccc2c1O)c1ccccc1)C(=O)NC(N)C(N)=O. The first-order chi connectivity index (χ1) is 31.0. The predicted octanol–water partition coefficient (Wildman–Crippen LogP) is -8.96. The van der Waals surface area contributed by atoms with E-state index in [-0.39, 0.29) is 11.1 Å². The van der Waals surface area contributed by atoms with E-state index in [1.54, 1.807) is 24.3 Å². The molecule has 66 heavy (non-hydrogen) atoms. The third kappa shape index (κ3) is 14.8. The van der Waals surface area contributed by atoms with Crippen molar-refractivity contribution in [2.45, 2.75) is 43.1 Å². The van der Waals surface area contributed by atoms with E-state index in [4.69, 9.17) is 56.0 Å². The molecule has 0 aliphatic rings. The maximum absolute atomic E-state index is 13.8. The van der Waals surface area contributed by atoms with E-state index in [0.717, 1.165) is 0 Å². The van der Waals surface area contributed by atoms with Crippen LogP contribution in [0.1, 0.15) is 22.0 Å². The molecule has 0 aliphatic heterocycles. The molecule has 0 aliphatic carbocycles. The standard InChI is InChI=1S/C35H47N21O10/c36-18(19(37)58)47-26(61)20(52-32(38)39)49-28(63)22(54-34(42)43)51-29(64)23(55-35(44)45)50-27(62)21(53-33(40)41)48-25(60)16(13-7-2-1-3-8-13)46-30(65)31(66)56-24(59)15-11-10-12-6-4-5-9-14(12)17(15)57/h1-11,16,18,20-23,31,57,66H,36H2,(H2,37,58)(H,46,65)(H,47,61)(H,48,60)(H,49,63)(H,50,62)(H,51,64)(H,56,59)(H4,38,39,52)(H4,40,41,53)(H4,42,43,54)(H4,44,45,55). The smallest absolute Gasteiger partial charge is 0.270 e. The normalized spacial score (nSPS) is 13.7. The number of benzene rings is 3. The highest BCUT2D eigenvalue weighted by molar-refractivity contribution is 6.05. The molecule has 0 radical (unpaired) electrons. The van der Waals surface area contributed by atoms with E-state index in [1.807, 2.05) is 42.5 Å². The Hall–Kier alpha value is -9.52. The molecule has 8 amide bonds. The number of phenolic OH excluding ortho intramolecular Hbond substituents is 1. The van der Waals surface area contributed by atoms with E-state index >= 15 is 0 Å². The first kappa shape index (κ1) is 50.8.